The third kappa shape index (κ3) is 5.33. The second kappa shape index (κ2) is 9.78. The average Bonchev–Trinajstić information content (AvgIpc) is 3.43. The Balaban J connectivity index is 1.37. The molecule has 0 radical (unpaired) electrons. The minimum atomic E-state index is -0.314. The largest absolute Gasteiger partial charge is 0.342 e. The molecule has 1 atom stereocenters. The molecule has 4 rings (SSSR count). The van der Waals surface area contributed by atoms with Crippen molar-refractivity contribution in [1.82, 2.24) is 30.3 Å². The van der Waals surface area contributed by atoms with Gasteiger partial charge in [0.2, 0.25) is 11.0 Å². The number of carbonyl (C=O) groups excluding carboxylic acids is 2. The molecule has 168 valence electrons. The lowest BCUT2D eigenvalue weighted by Gasteiger charge is -2.21. The van der Waals surface area contributed by atoms with Crippen LogP contribution in [0.3, 0.4) is 0 Å². The van der Waals surface area contributed by atoms with Crippen LogP contribution in [0.2, 0.25) is 0 Å². The Labute approximate surface area is 194 Å². The zero-order valence-corrected chi connectivity index (χ0v) is 19.7. The topological polar surface area (TPSA) is 115 Å². The van der Waals surface area contributed by atoms with E-state index in [1.807, 2.05) is 43.7 Å². The summed E-state index contributed by atoms with van der Waals surface area (Å²) in [4.78, 5) is 25.0. The van der Waals surface area contributed by atoms with E-state index in [0.29, 0.717) is 27.6 Å². The van der Waals surface area contributed by atoms with Crippen LogP contribution >= 0.6 is 23.1 Å². The third-order valence-corrected chi connectivity index (χ3v) is 7.10. The van der Waals surface area contributed by atoms with E-state index in [0.717, 1.165) is 17.8 Å². The van der Waals surface area contributed by atoms with Gasteiger partial charge in [-0.25, -0.2) is 0 Å². The predicted octanol–water partition coefficient (Wildman–Crippen LogP) is 3.40. The molecule has 2 heterocycles. The molecule has 2 amide bonds. The first-order valence-corrected chi connectivity index (χ1v) is 12.2. The number of carbonyl (C=O) groups is 2. The highest BCUT2D eigenvalue weighted by atomic mass is 32.2. The highest BCUT2D eigenvalue weighted by molar-refractivity contribution is 7.99. The van der Waals surface area contributed by atoms with Crippen LogP contribution in [0.25, 0.3) is 0 Å². The number of benzene rings is 1. The van der Waals surface area contributed by atoms with Gasteiger partial charge in [-0.2, -0.15) is 0 Å². The number of aromatic nitrogens is 5. The molecule has 0 spiro atoms. The lowest BCUT2D eigenvalue weighted by Crippen LogP contribution is -2.33. The Hall–Kier alpha value is -2.79. The van der Waals surface area contributed by atoms with Crippen LogP contribution in [-0.2, 0) is 11.8 Å². The summed E-state index contributed by atoms with van der Waals surface area (Å²) < 4.78 is 1.82. The van der Waals surface area contributed by atoms with E-state index in [2.05, 4.69) is 31.0 Å². The number of amides is 2. The molecule has 11 heteroatoms. The zero-order valence-electron chi connectivity index (χ0n) is 18.1. The van der Waals surface area contributed by atoms with E-state index < -0.39 is 0 Å². The highest BCUT2D eigenvalue weighted by Crippen LogP contribution is 2.42. The van der Waals surface area contributed by atoms with Crippen molar-refractivity contribution in [3.05, 3.63) is 46.7 Å². The molecule has 0 unspecified atom stereocenters. The van der Waals surface area contributed by atoms with Gasteiger partial charge in [-0.1, -0.05) is 55.1 Å². The second-order valence-electron chi connectivity index (χ2n) is 8.02. The van der Waals surface area contributed by atoms with E-state index in [1.54, 1.807) is 12.1 Å². The molecule has 1 fully saturated rings. The molecular weight excluding hydrogens is 446 g/mol. The summed E-state index contributed by atoms with van der Waals surface area (Å²) in [6.07, 6.45) is 2.30. The standard InChI is InChI=1S/C21H25N7O2S2/c1-12(2)16(23-18(30)13-7-5-4-6-8-13)17-24-27-21(28(17)3)31-11-15(29)22-20-26-25-19(32-20)14-9-10-14/h4-8,12,14,16H,9-11H2,1-3H3,(H,23,30)(H,22,26,29)/t16-/m0/s1. The van der Waals surface area contributed by atoms with Gasteiger partial charge in [0.05, 0.1) is 11.8 Å². The minimum Gasteiger partial charge on any atom is -0.342 e. The Bertz CT molecular complexity index is 1090. The van der Waals surface area contributed by atoms with Gasteiger partial charge < -0.3 is 9.88 Å². The molecule has 2 aromatic heterocycles. The maximum atomic E-state index is 12.7. The molecule has 3 aromatic rings. The smallest absolute Gasteiger partial charge is 0.251 e. The van der Waals surface area contributed by atoms with Gasteiger partial charge in [0.1, 0.15) is 5.01 Å². The Morgan fingerprint density at radius 2 is 1.91 bits per heavy atom. The van der Waals surface area contributed by atoms with Crippen LogP contribution < -0.4 is 10.6 Å². The minimum absolute atomic E-state index is 0.102. The molecule has 0 aliphatic heterocycles. The third-order valence-electron chi connectivity index (χ3n) is 5.08. The van der Waals surface area contributed by atoms with Crippen molar-refractivity contribution >= 4 is 40.0 Å². The molecule has 1 aliphatic carbocycles. The van der Waals surface area contributed by atoms with Crippen molar-refractivity contribution < 1.29 is 9.59 Å². The van der Waals surface area contributed by atoms with Crippen molar-refractivity contribution in [2.24, 2.45) is 13.0 Å². The van der Waals surface area contributed by atoms with Crippen molar-refractivity contribution in [1.29, 1.82) is 0 Å². The Morgan fingerprint density at radius 1 is 1.16 bits per heavy atom. The number of thioether (sulfide) groups is 1. The van der Waals surface area contributed by atoms with E-state index in [-0.39, 0.29) is 29.5 Å². The number of nitrogens with one attached hydrogen (secondary N) is 2. The fourth-order valence-electron chi connectivity index (χ4n) is 3.13. The summed E-state index contributed by atoms with van der Waals surface area (Å²) in [6.45, 7) is 4.03. The molecule has 0 bridgehead atoms. The Kier molecular flexibility index (Phi) is 6.85. The summed E-state index contributed by atoms with van der Waals surface area (Å²) >= 11 is 2.72. The summed E-state index contributed by atoms with van der Waals surface area (Å²) in [5.74, 6) is 1.10. The summed E-state index contributed by atoms with van der Waals surface area (Å²) in [5, 5.41) is 24.7. The fraction of sp³-hybridized carbons (Fsp3) is 0.429. The van der Waals surface area contributed by atoms with Crippen molar-refractivity contribution in [3.8, 4) is 0 Å². The van der Waals surface area contributed by atoms with Crippen LogP contribution in [0.15, 0.2) is 35.5 Å². The number of rotatable bonds is 9. The first-order chi connectivity index (χ1) is 15.4. The first-order valence-electron chi connectivity index (χ1n) is 10.4. The molecule has 0 saturated heterocycles. The fourth-order valence-corrected chi connectivity index (χ4v) is 4.78. The summed E-state index contributed by atoms with van der Waals surface area (Å²) in [7, 11) is 1.84. The second-order valence-corrected chi connectivity index (χ2v) is 9.97. The van der Waals surface area contributed by atoms with Crippen LogP contribution in [-0.4, -0.2) is 42.5 Å². The molecule has 9 nitrogen and oxygen atoms in total. The van der Waals surface area contributed by atoms with Gasteiger partial charge >= 0.3 is 0 Å². The van der Waals surface area contributed by atoms with E-state index in [1.165, 1.54) is 23.1 Å². The maximum Gasteiger partial charge on any atom is 0.251 e. The zero-order chi connectivity index (χ0) is 22.7. The Morgan fingerprint density at radius 3 is 2.59 bits per heavy atom. The normalized spacial score (nSPS) is 14.4. The monoisotopic (exact) mass is 471 g/mol. The van der Waals surface area contributed by atoms with Gasteiger partial charge in [-0.3, -0.25) is 14.9 Å². The lowest BCUT2D eigenvalue weighted by atomic mass is 10.0. The molecule has 32 heavy (non-hydrogen) atoms. The SMILES string of the molecule is CC(C)[C@H](NC(=O)c1ccccc1)c1nnc(SCC(=O)Nc2nnc(C3CC3)s2)n1C. The van der Waals surface area contributed by atoms with Gasteiger partial charge in [-0.15, -0.1) is 20.4 Å². The average molecular weight is 472 g/mol. The van der Waals surface area contributed by atoms with Crippen molar-refractivity contribution in [2.45, 2.75) is 43.8 Å². The summed E-state index contributed by atoms with van der Waals surface area (Å²) in [6, 6.07) is 8.76. The molecule has 2 N–H and O–H groups in total. The first kappa shape index (κ1) is 22.4. The molecule has 1 saturated carbocycles. The molecule has 1 aliphatic rings. The van der Waals surface area contributed by atoms with Gasteiger partial charge in [0.15, 0.2) is 11.0 Å². The number of nitrogens with zero attached hydrogens (tertiary/aromatic N) is 5. The number of anilines is 1. The summed E-state index contributed by atoms with van der Waals surface area (Å²) in [5.41, 5.74) is 0.591. The van der Waals surface area contributed by atoms with E-state index in [4.69, 9.17) is 0 Å². The van der Waals surface area contributed by atoms with E-state index in [9.17, 15) is 9.59 Å². The van der Waals surface area contributed by atoms with Gasteiger partial charge in [0.25, 0.3) is 5.91 Å². The van der Waals surface area contributed by atoms with Gasteiger partial charge in [0, 0.05) is 18.5 Å². The maximum absolute atomic E-state index is 12.7. The van der Waals surface area contributed by atoms with Crippen LogP contribution in [0, 0.1) is 5.92 Å². The predicted molar refractivity (Wildman–Crippen MR) is 124 cm³/mol. The number of hydrogen-bond acceptors (Lipinski definition) is 8. The quantitative estimate of drug-likeness (QED) is 0.460. The highest BCUT2D eigenvalue weighted by Gasteiger charge is 2.28. The van der Waals surface area contributed by atoms with Crippen molar-refractivity contribution in [2.75, 3.05) is 11.1 Å². The lowest BCUT2D eigenvalue weighted by molar-refractivity contribution is -0.113. The molecule has 1 aromatic carbocycles. The van der Waals surface area contributed by atoms with Gasteiger partial charge in [-0.05, 0) is 30.9 Å². The molecular formula is C21H25N7O2S2. The van der Waals surface area contributed by atoms with Crippen LogP contribution in [0.4, 0.5) is 5.13 Å². The van der Waals surface area contributed by atoms with Crippen LogP contribution in [0.5, 0.6) is 0 Å². The van der Waals surface area contributed by atoms with E-state index >= 15 is 0 Å². The van der Waals surface area contributed by atoms with Crippen molar-refractivity contribution in [3.63, 3.8) is 0 Å². The van der Waals surface area contributed by atoms with Crippen LogP contribution in [0.1, 0.15) is 59.8 Å². The number of hydrogen-bond donors (Lipinski definition) is 2.